The average molecular weight is 343 g/mol. The molecule has 1 aromatic carbocycles. The number of aromatic amines is 1. The van der Waals surface area contributed by atoms with Crippen molar-refractivity contribution in [2.75, 3.05) is 6.54 Å². The van der Waals surface area contributed by atoms with Gasteiger partial charge in [-0.3, -0.25) is 9.20 Å². The van der Waals surface area contributed by atoms with E-state index in [1.807, 2.05) is 47.0 Å². The van der Waals surface area contributed by atoms with Gasteiger partial charge in [-0.1, -0.05) is 36.4 Å². The van der Waals surface area contributed by atoms with Crippen molar-refractivity contribution in [2.24, 2.45) is 0 Å². The number of imidazole rings is 2. The summed E-state index contributed by atoms with van der Waals surface area (Å²) in [5.41, 5.74) is 4.25. The van der Waals surface area contributed by atoms with Crippen LogP contribution in [0.4, 0.5) is 0 Å². The van der Waals surface area contributed by atoms with Crippen LogP contribution in [0.25, 0.3) is 17.2 Å². The summed E-state index contributed by atoms with van der Waals surface area (Å²) in [6.45, 7) is 0.609. The minimum Gasteiger partial charge on any atom is -0.350 e. The number of carbonyl (C=O) groups is 1. The molecule has 26 heavy (non-hydrogen) atoms. The number of amides is 1. The third kappa shape index (κ3) is 2.38. The van der Waals surface area contributed by atoms with Gasteiger partial charge < -0.3 is 10.3 Å². The number of hydrogen-bond acceptors (Lipinski definition) is 3. The Balaban J connectivity index is 1.57. The highest BCUT2D eigenvalue weighted by atomic mass is 16.1. The molecule has 6 nitrogen and oxygen atoms in total. The van der Waals surface area contributed by atoms with Crippen molar-refractivity contribution < 1.29 is 4.79 Å². The Bertz CT molecular complexity index is 1100. The van der Waals surface area contributed by atoms with Gasteiger partial charge in [0, 0.05) is 24.4 Å². The number of rotatable bonds is 2. The molecule has 0 saturated carbocycles. The van der Waals surface area contributed by atoms with E-state index in [4.69, 9.17) is 0 Å². The van der Waals surface area contributed by atoms with Gasteiger partial charge in [-0.2, -0.15) is 0 Å². The molecule has 3 aromatic heterocycles. The number of pyridine rings is 1. The molecule has 0 fully saturated rings. The number of aromatic nitrogens is 4. The van der Waals surface area contributed by atoms with Crippen molar-refractivity contribution in [3.8, 4) is 11.5 Å². The lowest BCUT2D eigenvalue weighted by Gasteiger charge is -2.14. The van der Waals surface area contributed by atoms with Crippen LogP contribution in [0.3, 0.4) is 0 Å². The van der Waals surface area contributed by atoms with E-state index < -0.39 is 0 Å². The van der Waals surface area contributed by atoms with Gasteiger partial charge in [-0.25, -0.2) is 9.97 Å². The molecule has 5 rings (SSSR count). The van der Waals surface area contributed by atoms with E-state index in [2.05, 4.69) is 32.4 Å². The Morgan fingerprint density at radius 3 is 2.81 bits per heavy atom. The van der Waals surface area contributed by atoms with Gasteiger partial charge in [0.1, 0.15) is 17.0 Å². The van der Waals surface area contributed by atoms with Gasteiger partial charge >= 0.3 is 0 Å². The van der Waals surface area contributed by atoms with Crippen molar-refractivity contribution >= 4 is 11.6 Å². The van der Waals surface area contributed by atoms with Crippen LogP contribution in [0.2, 0.25) is 0 Å². The lowest BCUT2D eigenvalue weighted by molar-refractivity contribution is 0.0950. The van der Waals surface area contributed by atoms with Gasteiger partial charge in [0.15, 0.2) is 5.82 Å². The second-order valence-electron chi connectivity index (χ2n) is 6.51. The van der Waals surface area contributed by atoms with Gasteiger partial charge in [0.25, 0.3) is 5.91 Å². The summed E-state index contributed by atoms with van der Waals surface area (Å²) in [6, 6.07) is 16.1. The summed E-state index contributed by atoms with van der Waals surface area (Å²) in [7, 11) is 0. The molecule has 128 valence electrons. The Hall–Kier alpha value is -3.41. The van der Waals surface area contributed by atoms with E-state index in [1.165, 1.54) is 5.56 Å². The number of nitrogens with zero attached hydrogens (tertiary/aromatic N) is 3. The molecule has 2 N–H and O–H groups in total. The smallest absolute Gasteiger partial charge is 0.271 e. The third-order valence-corrected chi connectivity index (χ3v) is 4.88. The second-order valence-corrected chi connectivity index (χ2v) is 6.51. The molecular weight excluding hydrogens is 326 g/mol. The number of nitrogens with one attached hydrogen (secondary N) is 2. The Kier molecular flexibility index (Phi) is 3.35. The molecule has 0 saturated heterocycles. The quantitative estimate of drug-likeness (QED) is 0.588. The highest BCUT2D eigenvalue weighted by Gasteiger charge is 2.27. The first-order chi connectivity index (χ1) is 12.8. The van der Waals surface area contributed by atoms with Crippen molar-refractivity contribution in [2.45, 2.75) is 12.3 Å². The first-order valence-corrected chi connectivity index (χ1v) is 8.64. The van der Waals surface area contributed by atoms with Crippen molar-refractivity contribution in [3.63, 3.8) is 0 Å². The van der Waals surface area contributed by atoms with E-state index >= 15 is 0 Å². The Labute approximate surface area is 149 Å². The van der Waals surface area contributed by atoms with E-state index in [1.54, 1.807) is 6.20 Å². The van der Waals surface area contributed by atoms with Gasteiger partial charge in [0.05, 0.1) is 6.20 Å². The molecule has 0 radical (unpaired) electrons. The lowest BCUT2D eigenvalue weighted by atomic mass is 9.94. The molecule has 4 aromatic rings. The summed E-state index contributed by atoms with van der Waals surface area (Å²) >= 11 is 0. The van der Waals surface area contributed by atoms with E-state index in [0.717, 1.165) is 23.5 Å². The van der Waals surface area contributed by atoms with Gasteiger partial charge in [-0.15, -0.1) is 0 Å². The molecule has 4 heterocycles. The second kappa shape index (κ2) is 5.84. The van der Waals surface area contributed by atoms with Crippen molar-refractivity contribution in [1.82, 2.24) is 24.7 Å². The maximum Gasteiger partial charge on any atom is 0.271 e. The summed E-state index contributed by atoms with van der Waals surface area (Å²) < 4.78 is 1.96. The predicted molar refractivity (Wildman–Crippen MR) is 98.0 cm³/mol. The van der Waals surface area contributed by atoms with Crippen LogP contribution in [0.1, 0.15) is 27.7 Å². The molecule has 0 aliphatic carbocycles. The predicted octanol–water partition coefficient (Wildman–Crippen LogP) is 2.79. The summed E-state index contributed by atoms with van der Waals surface area (Å²) in [4.78, 5) is 24.9. The largest absolute Gasteiger partial charge is 0.350 e. The molecular formula is C20H17N5O. The van der Waals surface area contributed by atoms with E-state index in [-0.39, 0.29) is 11.8 Å². The molecule has 6 heteroatoms. The summed E-state index contributed by atoms with van der Waals surface area (Å²) in [5, 5.41) is 3.00. The molecule has 1 aliphatic rings. The number of fused-ring (bicyclic) bond motifs is 2. The van der Waals surface area contributed by atoms with Crippen LogP contribution < -0.4 is 5.32 Å². The molecule has 0 spiro atoms. The topological polar surface area (TPSA) is 75.1 Å². The average Bonchev–Trinajstić information content (AvgIpc) is 3.26. The third-order valence-electron chi connectivity index (χ3n) is 4.88. The fourth-order valence-electron chi connectivity index (χ4n) is 3.55. The standard InChI is InChI=1S/C20H17N5O/c26-20-18-15(10-14(11-22-20)13-6-2-1-3-7-13)23-19(24-18)16-12-21-17-8-4-5-9-25(16)17/h1-9,12,14H,10-11H2,(H,22,26)(H,23,24). The van der Waals surface area contributed by atoms with Crippen LogP contribution in [0, 0.1) is 0 Å². The van der Waals surface area contributed by atoms with Crippen LogP contribution >= 0.6 is 0 Å². The molecule has 0 bridgehead atoms. The minimum atomic E-state index is -0.130. The van der Waals surface area contributed by atoms with Gasteiger partial charge in [-0.05, 0) is 24.1 Å². The molecule has 1 aliphatic heterocycles. The number of carbonyl (C=O) groups excluding carboxylic acids is 1. The maximum atomic E-state index is 12.5. The Morgan fingerprint density at radius 2 is 1.92 bits per heavy atom. The van der Waals surface area contributed by atoms with Crippen LogP contribution in [0.5, 0.6) is 0 Å². The molecule has 1 atom stereocenters. The lowest BCUT2D eigenvalue weighted by Crippen LogP contribution is -2.26. The number of benzene rings is 1. The normalized spacial score (nSPS) is 16.9. The summed E-state index contributed by atoms with van der Waals surface area (Å²) in [5.74, 6) is 0.754. The first kappa shape index (κ1) is 14.9. The van der Waals surface area contributed by atoms with Crippen molar-refractivity contribution in [1.29, 1.82) is 0 Å². The van der Waals surface area contributed by atoms with Crippen LogP contribution in [0.15, 0.2) is 60.9 Å². The number of hydrogen-bond donors (Lipinski definition) is 2. The van der Waals surface area contributed by atoms with Gasteiger partial charge in [0.2, 0.25) is 0 Å². The van der Waals surface area contributed by atoms with Crippen molar-refractivity contribution in [3.05, 3.63) is 77.9 Å². The van der Waals surface area contributed by atoms with Crippen LogP contribution in [-0.2, 0) is 6.42 Å². The Morgan fingerprint density at radius 1 is 1.08 bits per heavy atom. The zero-order valence-electron chi connectivity index (χ0n) is 14.0. The fourth-order valence-corrected chi connectivity index (χ4v) is 3.55. The van der Waals surface area contributed by atoms with Crippen LogP contribution in [-0.4, -0.2) is 31.8 Å². The van der Waals surface area contributed by atoms with E-state index in [9.17, 15) is 4.79 Å². The molecule has 1 amide bonds. The monoisotopic (exact) mass is 343 g/mol. The van der Waals surface area contributed by atoms with E-state index in [0.29, 0.717) is 18.1 Å². The minimum absolute atomic E-state index is 0.130. The zero-order valence-corrected chi connectivity index (χ0v) is 14.0. The maximum absolute atomic E-state index is 12.5. The highest BCUT2D eigenvalue weighted by Crippen LogP contribution is 2.27. The SMILES string of the molecule is O=C1NCC(c2ccccc2)Cc2[nH]c(-c3cnc4ccccn34)nc21. The fraction of sp³-hybridized carbons (Fsp3) is 0.150. The summed E-state index contributed by atoms with van der Waals surface area (Å²) in [6.07, 6.45) is 4.46. The number of H-pyrrole nitrogens is 1. The first-order valence-electron chi connectivity index (χ1n) is 8.64. The molecule has 1 unspecified atom stereocenters. The highest BCUT2D eigenvalue weighted by molar-refractivity contribution is 5.94. The zero-order chi connectivity index (χ0) is 17.5.